The molecule has 0 N–H and O–H groups in total. The fourth-order valence-electron chi connectivity index (χ4n) is 1.13. The second-order valence-electron chi connectivity index (χ2n) is 2.78. The molecule has 0 saturated heterocycles. The van der Waals surface area contributed by atoms with Gasteiger partial charge >= 0.3 is 0 Å². The fourth-order valence-corrected chi connectivity index (χ4v) is 2.04. The van der Waals surface area contributed by atoms with Crippen molar-refractivity contribution in [3.8, 4) is 10.4 Å². The Labute approximate surface area is 76.5 Å². The van der Waals surface area contributed by atoms with Crippen LogP contribution in [0.2, 0.25) is 0 Å². The van der Waals surface area contributed by atoms with Gasteiger partial charge in [0, 0.05) is 4.88 Å². The van der Waals surface area contributed by atoms with Crippen molar-refractivity contribution in [1.29, 1.82) is 0 Å². The van der Waals surface area contributed by atoms with Gasteiger partial charge in [0.25, 0.3) is 0 Å². The Morgan fingerprint density at radius 3 is 2.58 bits per heavy atom. The van der Waals surface area contributed by atoms with E-state index in [1.54, 1.807) is 11.3 Å². The Hall–Kier alpha value is -1.08. The molecule has 0 aliphatic rings. The van der Waals surface area contributed by atoms with Gasteiger partial charge in [0.05, 0.1) is 0 Å². The van der Waals surface area contributed by atoms with Gasteiger partial charge in [-0.2, -0.15) is 0 Å². The molecule has 0 nitrogen and oxygen atoms in total. The molecule has 1 heteroatoms. The highest BCUT2D eigenvalue weighted by molar-refractivity contribution is 7.13. The molecular formula is C11H9S. The van der Waals surface area contributed by atoms with Crippen molar-refractivity contribution in [2.75, 3.05) is 0 Å². The van der Waals surface area contributed by atoms with E-state index in [0.717, 1.165) is 0 Å². The quantitative estimate of drug-likeness (QED) is 0.619. The Morgan fingerprint density at radius 2 is 2.00 bits per heavy atom. The molecule has 2 rings (SSSR count). The van der Waals surface area contributed by atoms with Crippen LogP contribution >= 0.6 is 11.3 Å². The number of rotatable bonds is 1. The third kappa shape index (κ3) is 1.41. The van der Waals surface area contributed by atoms with E-state index >= 15 is 0 Å². The molecule has 2 aromatic rings. The zero-order chi connectivity index (χ0) is 8.39. The third-order valence-electron chi connectivity index (χ3n) is 1.73. The monoisotopic (exact) mass is 173 g/mol. The lowest BCUT2D eigenvalue weighted by Crippen LogP contribution is -1.68. The highest BCUT2D eigenvalue weighted by Crippen LogP contribution is 2.25. The van der Waals surface area contributed by atoms with E-state index in [4.69, 9.17) is 0 Å². The molecule has 1 radical (unpaired) electrons. The molecule has 0 aliphatic carbocycles. The van der Waals surface area contributed by atoms with Crippen molar-refractivity contribution in [2.45, 2.75) is 6.92 Å². The van der Waals surface area contributed by atoms with Crippen LogP contribution in [0, 0.1) is 13.0 Å². The van der Waals surface area contributed by atoms with Gasteiger partial charge in [-0.25, -0.2) is 0 Å². The van der Waals surface area contributed by atoms with Crippen molar-refractivity contribution in [3.05, 3.63) is 47.3 Å². The summed E-state index contributed by atoms with van der Waals surface area (Å²) in [5.41, 5.74) is 2.62. The Morgan fingerprint density at radius 1 is 1.25 bits per heavy atom. The van der Waals surface area contributed by atoms with Crippen LogP contribution < -0.4 is 0 Å². The second kappa shape index (κ2) is 3.11. The van der Waals surface area contributed by atoms with Crippen LogP contribution in [0.4, 0.5) is 0 Å². The molecular weight excluding hydrogens is 164 g/mol. The van der Waals surface area contributed by atoms with Gasteiger partial charge in [-0.1, -0.05) is 24.3 Å². The Kier molecular flexibility index (Phi) is 1.96. The molecule has 0 atom stereocenters. The van der Waals surface area contributed by atoms with Crippen molar-refractivity contribution < 1.29 is 0 Å². The smallest absolute Gasteiger partial charge is 0.0345 e. The lowest BCUT2D eigenvalue weighted by molar-refractivity contribution is 1.55. The molecule has 1 aromatic heterocycles. The summed E-state index contributed by atoms with van der Waals surface area (Å²) in [4.78, 5) is 1.33. The Bertz CT molecular complexity index is 360. The lowest BCUT2D eigenvalue weighted by atomic mass is 10.2. The van der Waals surface area contributed by atoms with Gasteiger partial charge in [0.2, 0.25) is 0 Å². The molecule has 0 saturated carbocycles. The minimum absolute atomic E-state index is 1.28. The highest BCUT2D eigenvalue weighted by Gasteiger charge is 1.97. The van der Waals surface area contributed by atoms with Gasteiger partial charge < -0.3 is 0 Å². The molecule has 0 amide bonds. The minimum atomic E-state index is 1.28. The first-order chi connectivity index (χ1) is 5.86. The Balaban J connectivity index is 2.45. The predicted molar refractivity (Wildman–Crippen MR) is 53.3 cm³/mol. The standard InChI is InChI=1S/C11H9S/c1-9-7-11(12-8-9)10-5-3-2-4-6-10/h3-8H,1H3. The van der Waals surface area contributed by atoms with Crippen LogP contribution in [-0.4, -0.2) is 0 Å². The van der Waals surface area contributed by atoms with E-state index in [1.807, 2.05) is 12.1 Å². The van der Waals surface area contributed by atoms with Crippen molar-refractivity contribution in [3.63, 3.8) is 0 Å². The summed E-state index contributed by atoms with van der Waals surface area (Å²) >= 11 is 1.79. The van der Waals surface area contributed by atoms with Crippen LogP contribution in [0.25, 0.3) is 10.4 Å². The van der Waals surface area contributed by atoms with E-state index in [0.29, 0.717) is 0 Å². The average Bonchev–Trinajstić information content (AvgIpc) is 2.54. The topological polar surface area (TPSA) is 0 Å². The SMILES string of the molecule is Cc1csc(-c2cc[c]cc2)c1. The summed E-state index contributed by atoms with van der Waals surface area (Å²) in [6.07, 6.45) is 0. The second-order valence-corrected chi connectivity index (χ2v) is 3.69. The molecule has 0 unspecified atom stereocenters. The average molecular weight is 173 g/mol. The van der Waals surface area contributed by atoms with Gasteiger partial charge in [0.15, 0.2) is 0 Å². The predicted octanol–water partition coefficient (Wildman–Crippen LogP) is 3.52. The van der Waals surface area contributed by atoms with Crippen LogP contribution in [0.5, 0.6) is 0 Å². The fraction of sp³-hybridized carbons (Fsp3) is 0.0909. The van der Waals surface area contributed by atoms with Crippen LogP contribution in [-0.2, 0) is 0 Å². The number of thiophene rings is 1. The summed E-state index contributed by atoms with van der Waals surface area (Å²) in [7, 11) is 0. The molecule has 0 spiro atoms. The lowest BCUT2D eigenvalue weighted by Gasteiger charge is -1.93. The number of hydrogen-bond acceptors (Lipinski definition) is 1. The van der Waals surface area contributed by atoms with E-state index in [1.165, 1.54) is 16.0 Å². The first kappa shape index (κ1) is 7.56. The molecule has 1 aromatic carbocycles. The maximum absolute atomic E-state index is 3.01. The number of aryl methyl sites for hydroxylation is 1. The summed E-state index contributed by atoms with van der Waals surface area (Å²) in [6, 6.07) is 13.3. The molecule has 59 valence electrons. The first-order valence-electron chi connectivity index (χ1n) is 3.88. The molecule has 1 heterocycles. The van der Waals surface area contributed by atoms with E-state index in [9.17, 15) is 0 Å². The highest BCUT2D eigenvalue weighted by atomic mass is 32.1. The maximum Gasteiger partial charge on any atom is 0.0345 e. The van der Waals surface area contributed by atoms with Crippen LogP contribution in [0.1, 0.15) is 5.56 Å². The third-order valence-corrected chi connectivity index (χ3v) is 2.83. The van der Waals surface area contributed by atoms with Crippen molar-refractivity contribution in [2.24, 2.45) is 0 Å². The largest absolute Gasteiger partial charge is 0.144 e. The zero-order valence-corrected chi connectivity index (χ0v) is 7.69. The maximum atomic E-state index is 3.01. The van der Waals surface area contributed by atoms with Gasteiger partial charge in [-0.3, -0.25) is 0 Å². The summed E-state index contributed by atoms with van der Waals surface area (Å²) < 4.78 is 0. The molecule has 0 bridgehead atoms. The van der Waals surface area contributed by atoms with Crippen molar-refractivity contribution in [1.82, 2.24) is 0 Å². The van der Waals surface area contributed by atoms with Gasteiger partial charge in [-0.15, -0.1) is 11.3 Å². The van der Waals surface area contributed by atoms with Crippen molar-refractivity contribution >= 4 is 11.3 Å². The van der Waals surface area contributed by atoms with Crippen LogP contribution in [0.3, 0.4) is 0 Å². The first-order valence-corrected chi connectivity index (χ1v) is 4.76. The van der Waals surface area contributed by atoms with E-state index in [-0.39, 0.29) is 0 Å². The zero-order valence-electron chi connectivity index (χ0n) is 6.87. The summed E-state index contributed by atoms with van der Waals surface area (Å²) in [5, 5.41) is 2.17. The van der Waals surface area contributed by atoms with Gasteiger partial charge in [-0.05, 0) is 35.6 Å². The summed E-state index contributed by atoms with van der Waals surface area (Å²) in [6.45, 7) is 2.12. The minimum Gasteiger partial charge on any atom is -0.144 e. The number of benzene rings is 1. The van der Waals surface area contributed by atoms with E-state index in [2.05, 4.69) is 36.6 Å². The molecule has 0 fully saturated rings. The molecule has 0 aliphatic heterocycles. The summed E-state index contributed by atoms with van der Waals surface area (Å²) in [5.74, 6) is 0. The van der Waals surface area contributed by atoms with E-state index < -0.39 is 0 Å². The normalized spacial score (nSPS) is 10.1. The van der Waals surface area contributed by atoms with Crippen LogP contribution in [0.15, 0.2) is 35.7 Å². The number of hydrogen-bond donors (Lipinski definition) is 0. The molecule has 12 heavy (non-hydrogen) atoms. The van der Waals surface area contributed by atoms with Gasteiger partial charge in [0.1, 0.15) is 0 Å².